The molecule has 44 heavy (non-hydrogen) atoms. The maximum Gasteiger partial charge on any atom is 0.246 e. The summed E-state index contributed by atoms with van der Waals surface area (Å²) in [4.78, 5) is 49.2. The van der Waals surface area contributed by atoms with E-state index in [2.05, 4.69) is 30.1 Å². The summed E-state index contributed by atoms with van der Waals surface area (Å²) in [6, 6.07) is 15.0. The number of aromatic nitrogens is 1. The molecule has 1 unspecified atom stereocenters. The summed E-state index contributed by atoms with van der Waals surface area (Å²) >= 11 is 0. The van der Waals surface area contributed by atoms with Gasteiger partial charge in [-0.15, -0.1) is 0 Å². The van der Waals surface area contributed by atoms with Crippen LogP contribution in [0.25, 0.3) is 10.8 Å². The Kier molecular flexibility index (Phi) is 10.4. The van der Waals surface area contributed by atoms with Gasteiger partial charge in [-0.25, -0.2) is 13.1 Å². The summed E-state index contributed by atoms with van der Waals surface area (Å²) in [5, 5.41) is 7.13. The Hall–Kier alpha value is -4.07. The van der Waals surface area contributed by atoms with Crippen molar-refractivity contribution in [3.63, 3.8) is 0 Å². The van der Waals surface area contributed by atoms with Crippen LogP contribution < -0.4 is 20.3 Å². The minimum absolute atomic E-state index is 0.0406. The van der Waals surface area contributed by atoms with Crippen LogP contribution in [0, 0.1) is 0 Å². The molecule has 2 aromatic carbocycles. The van der Waals surface area contributed by atoms with Crippen molar-refractivity contribution in [1.29, 1.82) is 0 Å². The molecule has 13 heteroatoms. The smallest absolute Gasteiger partial charge is 0.246 e. The molecule has 0 spiro atoms. The first-order valence-electron chi connectivity index (χ1n) is 15.0. The topological polar surface area (TPSA) is 144 Å². The third-order valence-electron chi connectivity index (χ3n) is 8.03. The fraction of sp³-hybridized carbons (Fsp3) is 0.419. The van der Waals surface area contributed by atoms with E-state index in [1.807, 2.05) is 36.4 Å². The van der Waals surface area contributed by atoms with E-state index in [1.54, 1.807) is 29.4 Å². The highest BCUT2D eigenvalue weighted by Gasteiger charge is 2.28. The van der Waals surface area contributed by atoms with Crippen LogP contribution in [0.3, 0.4) is 0 Å². The zero-order valence-electron chi connectivity index (χ0n) is 24.7. The molecule has 0 bridgehead atoms. The summed E-state index contributed by atoms with van der Waals surface area (Å²) in [7, 11) is -3.98. The van der Waals surface area contributed by atoms with Crippen LogP contribution >= 0.6 is 0 Å². The summed E-state index contributed by atoms with van der Waals surface area (Å²) < 4.78 is 28.2. The number of likely N-dealkylation sites (tertiary alicyclic amines) is 1. The monoisotopic (exact) mass is 621 g/mol. The summed E-state index contributed by atoms with van der Waals surface area (Å²) in [6.07, 6.45) is 6.29. The minimum Gasteiger partial charge on any atom is -0.369 e. The van der Waals surface area contributed by atoms with Gasteiger partial charge in [0, 0.05) is 63.9 Å². The number of nitrogens with one attached hydrogen (secondary N) is 3. The molecular formula is C31H39N7O5S. The molecular weight excluding hydrogens is 582 g/mol. The van der Waals surface area contributed by atoms with E-state index in [-0.39, 0.29) is 29.8 Å². The van der Waals surface area contributed by atoms with E-state index < -0.39 is 28.5 Å². The van der Waals surface area contributed by atoms with Crippen LogP contribution in [0.15, 0.2) is 71.9 Å². The second-order valence-corrected chi connectivity index (χ2v) is 12.9. The predicted molar refractivity (Wildman–Crippen MR) is 167 cm³/mol. The maximum absolute atomic E-state index is 13.4. The number of sulfonamides is 1. The van der Waals surface area contributed by atoms with Crippen LogP contribution in [0.2, 0.25) is 0 Å². The van der Waals surface area contributed by atoms with Crippen molar-refractivity contribution in [3.05, 3.63) is 67.0 Å². The largest absolute Gasteiger partial charge is 0.369 e. The van der Waals surface area contributed by atoms with Crippen molar-refractivity contribution >= 4 is 44.2 Å². The lowest BCUT2D eigenvalue weighted by molar-refractivity contribution is -0.137. The molecule has 3 amide bonds. The highest BCUT2D eigenvalue weighted by molar-refractivity contribution is 7.89. The molecule has 3 aromatic rings. The Morgan fingerprint density at radius 2 is 1.52 bits per heavy atom. The molecule has 2 aliphatic rings. The van der Waals surface area contributed by atoms with Crippen molar-refractivity contribution < 1.29 is 22.8 Å². The van der Waals surface area contributed by atoms with Crippen LogP contribution in [0.4, 0.5) is 5.69 Å². The zero-order chi connectivity index (χ0) is 30.9. The minimum atomic E-state index is -3.98. The molecule has 1 atom stereocenters. The predicted octanol–water partition coefficient (Wildman–Crippen LogP) is 0.949. The number of amides is 3. The Bertz CT molecular complexity index is 1560. The van der Waals surface area contributed by atoms with E-state index in [0.717, 1.165) is 48.8 Å². The second-order valence-electron chi connectivity index (χ2n) is 11.1. The lowest BCUT2D eigenvalue weighted by Crippen LogP contribution is -2.57. The van der Waals surface area contributed by atoms with Crippen molar-refractivity contribution in [2.24, 2.45) is 0 Å². The Labute approximate surface area is 257 Å². The van der Waals surface area contributed by atoms with Gasteiger partial charge in [0.2, 0.25) is 27.7 Å². The Morgan fingerprint density at radius 3 is 2.25 bits per heavy atom. The van der Waals surface area contributed by atoms with Crippen molar-refractivity contribution in [1.82, 2.24) is 30.1 Å². The number of carbonyl (C=O) groups is 3. The summed E-state index contributed by atoms with van der Waals surface area (Å²) in [6.45, 7) is 3.67. The molecule has 2 saturated heterocycles. The molecule has 2 fully saturated rings. The molecule has 12 nitrogen and oxygen atoms in total. The molecule has 0 aliphatic carbocycles. The Balaban J connectivity index is 1.14. The van der Waals surface area contributed by atoms with Crippen LogP contribution in [-0.2, 0) is 24.4 Å². The van der Waals surface area contributed by atoms with Crippen molar-refractivity contribution in [3.8, 4) is 0 Å². The second kappa shape index (κ2) is 14.6. The number of hydrogen-bond acceptors (Lipinski definition) is 8. The quantitative estimate of drug-likeness (QED) is 0.287. The fourth-order valence-corrected chi connectivity index (χ4v) is 6.57. The number of pyridine rings is 1. The number of carbonyl (C=O) groups excluding carboxylic acids is 3. The first kappa shape index (κ1) is 31.4. The van der Waals surface area contributed by atoms with E-state index in [0.29, 0.717) is 26.2 Å². The van der Waals surface area contributed by atoms with Gasteiger partial charge in [-0.2, -0.15) is 0 Å². The van der Waals surface area contributed by atoms with Gasteiger partial charge in [0.1, 0.15) is 6.04 Å². The lowest BCUT2D eigenvalue weighted by atomic mass is 10.1. The lowest BCUT2D eigenvalue weighted by Gasteiger charge is -2.35. The van der Waals surface area contributed by atoms with Crippen LogP contribution in [0.5, 0.6) is 0 Å². The molecule has 3 heterocycles. The van der Waals surface area contributed by atoms with E-state index in [4.69, 9.17) is 0 Å². The number of nitrogens with zero attached hydrogens (tertiary/aromatic N) is 4. The van der Waals surface area contributed by atoms with Gasteiger partial charge in [-0.05, 0) is 54.3 Å². The summed E-state index contributed by atoms with van der Waals surface area (Å²) in [5.41, 5.74) is 1.10. The summed E-state index contributed by atoms with van der Waals surface area (Å²) in [5.74, 6) is -1.20. The van der Waals surface area contributed by atoms with Gasteiger partial charge in [0.25, 0.3) is 0 Å². The number of fused-ring (bicyclic) bond motifs is 1. The first-order chi connectivity index (χ1) is 21.3. The average molecular weight is 622 g/mol. The zero-order valence-corrected chi connectivity index (χ0v) is 25.5. The van der Waals surface area contributed by atoms with Crippen molar-refractivity contribution in [2.45, 2.75) is 30.2 Å². The normalized spacial score (nSPS) is 16.8. The third-order valence-corrected chi connectivity index (χ3v) is 9.42. The SMILES string of the molecule is O=C(CN1CCN(c2ccncc2)CC1)NCC(NC(=O)CNS(=O)(=O)c1ccc2ccccc2c1)C(=O)N1CCCCC1. The molecule has 2 aliphatic heterocycles. The molecule has 3 N–H and O–H groups in total. The highest BCUT2D eigenvalue weighted by atomic mass is 32.2. The number of rotatable bonds is 11. The van der Waals surface area contributed by atoms with Crippen LogP contribution in [0.1, 0.15) is 19.3 Å². The molecule has 0 saturated carbocycles. The standard InChI is InChI=1S/C31H39N7O5S/c39-29(22-34-44(42,43)27-9-8-24-6-2-3-7-25(24)20-27)35-28(31(41)38-14-4-1-5-15-38)21-33-30(40)23-36-16-18-37(19-17-36)26-10-12-32-13-11-26/h2-3,6-13,20,28,34H,1,4-5,14-19,21-23H2,(H,33,40)(H,35,39). The van der Waals surface area contributed by atoms with Gasteiger partial charge in [0.05, 0.1) is 18.0 Å². The van der Waals surface area contributed by atoms with E-state index in [1.165, 1.54) is 6.07 Å². The van der Waals surface area contributed by atoms with Gasteiger partial charge in [0.15, 0.2) is 0 Å². The van der Waals surface area contributed by atoms with Gasteiger partial charge >= 0.3 is 0 Å². The van der Waals surface area contributed by atoms with E-state index in [9.17, 15) is 22.8 Å². The number of anilines is 1. The molecule has 0 radical (unpaired) electrons. The highest BCUT2D eigenvalue weighted by Crippen LogP contribution is 2.19. The van der Waals surface area contributed by atoms with Crippen LogP contribution in [-0.4, -0.2) is 106 Å². The third kappa shape index (κ3) is 8.30. The average Bonchev–Trinajstić information content (AvgIpc) is 3.06. The number of piperazine rings is 1. The maximum atomic E-state index is 13.4. The van der Waals surface area contributed by atoms with Gasteiger partial charge in [-0.1, -0.05) is 30.3 Å². The number of benzene rings is 2. The first-order valence-corrected chi connectivity index (χ1v) is 16.5. The Morgan fingerprint density at radius 1 is 0.818 bits per heavy atom. The van der Waals surface area contributed by atoms with Crippen molar-refractivity contribution in [2.75, 3.05) is 63.8 Å². The van der Waals surface area contributed by atoms with Gasteiger partial charge in [-0.3, -0.25) is 24.3 Å². The fourth-order valence-electron chi connectivity index (χ4n) is 5.55. The molecule has 5 rings (SSSR count). The molecule has 234 valence electrons. The number of hydrogen-bond donors (Lipinski definition) is 3. The number of piperidine rings is 1. The van der Waals surface area contributed by atoms with E-state index >= 15 is 0 Å². The van der Waals surface area contributed by atoms with Gasteiger partial charge < -0.3 is 20.4 Å². The molecule has 1 aromatic heterocycles.